The number of hydrogen-bond acceptors (Lipinski definition) is 5. The Bertz CT molecular complexity index is 609. The van der Waals surface area contributed by atoms with Gasteiger partial charge in [0.25, 0.3) is 0 Å². The molecular formula is C13H18N2O4S. The Kier molecular flexibility index (Phi) is 3.99. The molecule has 0 aromatic carbocycles. The molecule has 0 spiro atoms. The summed E-state index contributed by atoms with van der Waals surface area (Å²) in [5, 5.41) is 12.0. The second-order valence-electron chi connectivity index (χ2n) is 5.40. The number of nitrogens with zero attached hydrogens (tertiary/aromatic N) is 1. The standard InChI is InChI=1S/C13H18N2O4S/c1-20(18,19)10-4-2-7-14-12(10)15-9-13(5-3-6-13)8-11(16)17/h2,4,7H,3,5-6,8-9H2,1H3,(H,14,15)(H,16,17). The number of aliphatic carboxylic acids is 1. The van der Waals surface area contributed by atoms with Crippen LogP contribution in [0.4, 0.5) is 5.82 Å². The smallest absolute Gasteiger partial charge is 0.303 e. The van der Waals surface area contributed by atoms with E-state index in [-0.39, 0.29) is 16.7 Å². The zero-order valence-corrected chi connectivity index (χ0v) is 12.1. The van der Waals surface area contributed by atoms with E-state index in [1.54, 1.807) is 6.07 Å². The number of carbonyl (C=O) groups is 1. The number of pyridine rings is 1. The van der Waals surface area contributed by atoms with Crippen molar-refractivity contribution in [1.29, 1.82) is 0 Å². The minimum atomic E-state index is -3.35. The first-order valence-corrected chi connectivity index (χ1v) is 8.32. The maximum atomic E-state index is 11.7. The molecule has 2 N–H and O–H groups in total. The van der Waals surface area contributed by atoms with Crippen LogP contribution in [0.15, 0.2) is 23.2 Å². The highest BCUT2D eigenvalue weighted by molar-refractivity contribution is 7.90. The molecule has 1 aliphatic carbocycles. The summed E-state index contributed by atoms with van der Waals surface area (Å²) >= 11 is 0. The molecule has 0 aliphatic heterocycles. The van der Waals surface area contributed by atoms with Crippen molar-refractivity contribution in [3.05, 3.63) is 18.3 Å². The highest BCUT2D eigenvalue weighted by Crippen LogP contribution is 2.44. The van der Waals surface area contributed by atoms with Crippen molar-refractivity contribution in [3.63, 3.8) is 0 Å². The zero-order valence-electron chi connectivity index (χ0n) is 11.3. The predicted octanol–water partition coefficient (Wildman–Crippen LogP) is 1.54. The van der Waals surface area contributed by atoms with Gasteiger partial charge in [-0.25, -0.2) is 13.4 Å². The lowest BCUT2D eigenvalue weighted by molar-refractivity contribution is -0.141. The molecule has 0 radical (unpaired) electrons. The summed E-state index contributed by atoms with van der Waals surface area (Å²) in [6.07, 6.45) is 5.44. The van der Waals surface area contributed by atoms with Crippen molar-refractivity contribution < 1.29 is 18.3 Å². The molecule has 1 aromatic heterocycles. The third-order valence-electron chi connectivity index (χ3n) is 3.74. The van der Waals surface area contributed by atoms with Crippen molar-refractivity contribution in [1.82, 2.24) is 4.98 Å². The van der Waals surface area contributed by atoms with E-state index in [4.69, 9.17) is 5.11 Å². The zero-order chi connectivity index (χ0) is 14.8. The molecule has 0 unspecified atom stereocenters. The molecule has 1 aliphatic rings. The highest BCUT2D eigenvalue weighted by Gasteiger charge is 2.39. The van der Waals surface area contributed by atoms with Gasteiger partial charge in [-0.3, -0.25) is 4.79 Å². The molecule has 1 saturated carbocycles. The summed E-state index contributed by atoms with van der Waals surface area (Å²) in [5.41, 5.74) is -0.280. The van der Waals surface area contributed by atoms with E-state index in [0.29, 0.717) is 12.4 Å². The van der Waals surface area contributed by atoms with Crippen molar-refractivity contribution in [2.45, 2.75) is 30.6 Å². The Morgan fingerprint density at radius 2 is 2.20 bits per heavy atom. The van der Waals surface area contributed by atoms with E-state index in [0.717, 1.165) is 25.5 Å². The minimum absolute atomic E-state index is 0.0983. The Labute approximate surface area is 118 Å². The number of carboxylic acid groups (broad SMARTS) is 1. The molecule has 7 heteroatoms. The molecule has 0 saturated heterocycles. The summed E-state index contributed by atoms with van der Waals surface area (Å²) in [6, 6.07) is 3.06. The van der Waals surface area contributed by atoms with Gasteiger partial charge >= 0.3 is 5.97 Å². The van der Waals surface area contributed by atoms with Crippen LogP contribution in [0, 0.1) is 5.41 Å². The largest absolute Gasteiger partial charge is 0.481 e. The lowest BCUT2D eigenvalue weighted by Crippen LogP contribution is -2.38. The lowest BCUT2D eigenvalue weighted by Gasteiger charge is -2.41. The average Bonchev–Trinajstić information content (AvgIpc) is 2.31. The Morgan fingerprint density at radius 3 is 2.70 bits per heavy atom. The van der Waals surface area contributed by atoms with Gasteiger partial charge in [-0.15, -0.1) is 0 Å². The Hall–Kier alpha value is -1.63. The van der Waals surface area contributed by atoms with Gasteiger partial charge in [-0.2, -0.15) is 0 Å². The van der Waals surface area contributed by atoms with Crippen molar-refractivity contribution in [2.75, 3.05) is 18.1 Å². The van der Waals surface area contributed by atoms with Crippen molar-refractivity contribution >= 4 is 21.6 Å². The first kappa shape index (κ1) is 14.8. The molecule has 0 bridgehead atoms. The maximum absolute atomic E-state index is 11.7. The third-order valence-corrected chi connectivity index (χ3v) is 4.87. The van der Waals surface area contributed by atoms with Crippen LogP contribution in [0.25, 0.3) is 0 Å². The van der Waals surface area contributed by atoms with Crippen LogP contribution < -0.4 is 5.32 Å². The van der Waals surface area contributed by atoms with Crippen LogP contribution >= 0.6 is 0 Å². The number of hydrogen-bond donors (Lipinski definition) is 2. The summed E-state index contributed by atoms with van der Waals surface area (Å²) in [4.78, 5) is 15.1. The molecule has 0 amide bonds. The molecule has 110 valence electrons. The molecule has 2 rings (SSSR count). The first-order valence-electron chi connectivity index (χ1n) is 6.43. The average molecular weight is 298 g/mol. The molecular weight excluding hydrogens is 280 g/mol. The molecule has 20 heavy (non-hydrogen) atoms. The lowest BCUT2D eigenvalue weighted by atomic mass is 9.66. The van der Waals surface area contributed by atoms with Crippen LogP contribution in [0.2, 0.25) is 0 Å². The van der Waals surface area contributed by atoms with Gasteiger partial charge < -0.3 is 10.4 Å². The fourth-order valence-corrected chi connectivity index (χ4v) is 3.31. The maximum Gasteiger partial charge on any atom is 0.303 e. The highest BCUT2D eigenvalue weighted by atomic mass is 32.2. The monoisotopic (exact) mass is 298 g/mol. The van der Waals surface area contributed by atoms with E-state index in [1.807, 2.05) is 0 Å². The van der Waals surface area contributed by atoms with E-state index in [2.05, 4.69) is 10.3 Å². The number of carboxylic acids is 1. The van der Waals surface area contributed by atoms with Gasteiger partial charge in [0.15, 0.2) is 9.84 Å². The van der Waals surface area contributed by atoms with Crippen molar-refractivity contribution in [2.24, 2.45) is 5.41 Å². The molecule has 1 fully saturated rings. The van der Waals surface area contributed by atoms with Gasteiger partial charge in [0.05, 0.1) is 6.42 Å². The number of rotatable bonds is 6. The Balaban J connectivity index is 2.13. The normalized spacial score (nSPS) is 17.2. The molecule has 1 aromatic rings. The predicted molar refractivity (Wildman–Crippen MR) is 74.4 cm³/mol. The van der Waals surface area contributed by atoms with E-state index in [9.17, 15) is 13.2 Å². The molecule has 0 atom stereocenters. The molecule has 6 nitrogen and oxygen atoms in total. The van der Waals surface area contributed by atoms with Crippen LogP contribution in [0.1, 0.15) is 25.7 Å². The topological polar surface area (TPSA) is 96.4 Å². The van der Waals surface area contributed by atoms with E-state index < -0.39 is 15.8 Å². The number of nitrogens with one attached hydrogen (secondary N) is 1. The van der Waals surface area contributed by atoms with Gasteiger partial charge in [0, 0.05) is 19.0 Å². The summed E-state index contributed by atoms with van der Waals surface area (Å²) in [6.45, 7) is 0.429. The third kappa shape index (κ3) is 3.27. The minimum Gasteiger partial charge on any atom is -0.481 e. The van der Waals surface area contributed by atoms with Crippen LogP contribution in [-0.4, -0.2) is 37.3 Å². The Morgan fingerprint density at radius 1 is 1.50 bits per heavy atom. The van der Waals surface area contributed by atoms with Crippen molar-refractivity contribution in [3.8, 4) is 0 Å². The van der Waals surface area contributed by atoms with E-state index >= 15 is 0 Å². The van der Waals surface area contributed by atoms with Gasteiger partial charge in [0.1, 0.15) is 10.7 Å². The fraction of sp³-hybridized carbons (Fsp3) is 0.538. The number of anilines is 1. The van der Waals surface area contributed by atoms with Crippen LogP contribution in [-0.2, 0) is 14.6 Å². The van der Waals surface area contributed by atoms with Gasteiger partial charge in [-0.1, -0.05) is 6.42 Å². The van der Waals surface area contributed by atoms with Gasteiger partial charge in [0.2, 0.25) is 0 Å². The second-order valence-corrected chi connectivity index (χ2v) is 7.38. The molecule has 1 heterocycles. The van der Waals surface area contributed by atoms with E-state index in [1.165, 1.54) is 12.3 Å². The van der Waals surface area contributed by atoms with Crippen LogP contribution in [0.5, 0.6) is 0 Å². The van der Waals surface area contributed by atoms with Crippen LogP contribution in [0.3, 0.4) is 0 Å². The second kappa shape index (κ2) is 5.40. The fourth-order valence-electron chi connectivity index (χ4n) is 2.51. The summed E-state index contributed by atoms with van der Waals surface area (Å²) < 4.78 is 23.3. The number of aromatic nitrogens is 1. The number of sulfone groups is 1. The van der Waals surface area contributed by atoms with Gasteiger partial charge in [-0.05, 0) is 30.4 Å². The summed E-state index contributed by atoms with van der Waals surface area (Å²) in [5.74, 6) is -0.525. The summed E-state index contributed by atoms with van der Waals surface area (Å²) in [7, 11) is -3.35. The SMILES string of the molecule is CS(=O)(=O)c1cccnc1NCC1(CC(=O)O)CCC1. The quantitative estimate of drug-likeness (QED) is 0.827. The first-order chi connectivity index (χ1) is 9.32.